The largest absolute Gasteiger partial charge is 2.00 e. The van der Waals surface area contributed by atoms with Crippen LogP contribution in [-0.4, -0.2) is 10.9 Å². The second-order valence-corrected chi connectivity index (χ2v) is 8.15. The van der Waals surface area contributed by atoms with E-state index in [2.05, 4.69) is 24.3 Å². The van der Waals surface area contributed by atoms with Gasteiger partial charge >= 0.3 is 17.1 Å². The SMILES string of the molecule is CC(=O)SCCCCCCCCCCCCc1cc[cH-]c1.[Fe+2].c1cc[cH-]c1. The van der Waals surface area contributed by atoms with E-state index in [1.54, 1.807) is 6.92 Å². The van der Waals surface area contributed by atoms with Crippen LogP contribution in [0.4, 0.5) is 0 Å². The standard InChI is InChI=1S/C19H31OS.C5H5.Fe/c1-18(20)21-17-13-9-7-5-3-2-4-6-8-10-14-19-15-11-12-16-19;1-2-4-5-3-1;/h11-12,15-16H,2-10,13-14,17H2,1H3;1-5H;/q2*-1;+2. The average molecular weight is 428 g/mol. The molecule has 0 fully saturated rings. The Morgan fingerprint density at radius 3 is 1.81 bits per heavy atom. The Morgan fingerprint density at radius 1 is 0.815 bits per heavy atom. The summed E-state index contributed by atoms with van der Waals surface area (Å²) in [6, 6.07) is 18.7. The van der Waals surface area contributed by atoms with E-state index in [9.17, 15) is 4.79 Å². The molecule has 0 radical (unpaired) electrons. The zero-order chi connectivity index (χ0) is 18.7. The van der Waals surface area contributed by atoms with Gasteiger partial charge in [0.05, 0.1) is 0 Å². The van der Waals surface area contributed by atoms with Crippen molar-refractivity contribution in [3.63, 3.8) is 0 Å². The summed E-state index contributed by atoms with van der Waals surface area (Å²) in [6.07, 6.45) is 14.8. The molecular formula is C24H36FeOS. The summed E-state index contributed by atoms with van der Waals surface area (Å²) in [7, 11) is 0. The third kappa shape index (κ3) is 18.4. The molecule has 0 saturated heterocycles. The van der Waals surface area contributed by atoms with Gasteiger partial charge in [0.15, 0.2) is 5.12 Å². The molecule has 27 heavy (non-hydrogen) atoms. The molecule has 0 bridgehead atoms. The van der Waals surface area contributed by atoms with Crippen LogP contribution in [0.5, 0.6) is 0 Å². The van der Waals surface area contributed by atoms with Crippen LogP contribution in [0.2, 0.25) is 0 Å². The predicted molar refractivity (Wildman–Crippen MR) is 117 cm³/mol. The maximum atomic E-state index is 10.8. The summed E-state index contributed by atoms with van der Waals surface area (Å²) in [5.74, 6) is 1.01. The number of carbonyl (C=O) groups excluding carboxylic acids is 1. The van der Waals surface area contributed by atoms with Crippen molar-refractivity contribution in [1.82, 2.24) is 0 Å². The first-order valence-electron chi connectivity index (χ1n) is 10.3. The number of carbonyl (C=O) groups is 1. The van der Waals surface area contributed by atoms with Gasteiger partial charge in [-0.05, 0) is 6.42 Å². The number of rotatable bonds is 13. The molecule has 2 rings (SSSR count). The van der Waals surface area contributed by atoms with Crippen molar-refractivity contribution in [2.75, 3.05) is 5.75 Å². The third-order valence-electron chi connectivity index (χ3n) is 4.45. The zero-order valence-electron chi connectivity index (χ0n) is 16.9. The van der Waals surface area contributed by atoms with Gasteiger partial charge in [-0.15, -0.1) is 0 Å². The van der Waals surface area contributed by atoms with Crippen molar-refractivity contribution in [1.29, 1.82) is 0 Å². The number of thioether (sulfide) groups is 1. The molecule has 0 saturated carbocycles. The molecule has 152 valence electrons. The Kier molecular flexibility index (Phi) is 19.4. The van der Waals surface area contributed by atoms with Crippen molar-refractivity contribution < 1.29 is 21.9 Å². The topological polar surface area (TPSA) is 17.1 Å². The molecule has 0 aromatic heterocycles. The fourth-order valence-electron chi connectivity index (χ4n) is 2.96. The van der Waals surface area contributed by atoms with Gasteiger partial charge < -0.3 is 0 Å². The number of hydrogen-bond acceptors (Lipinski definition) is 2. The molecule has 0 heterocycles. The summed E-state index contributed by atoms with van der Waals surface area (Å²) in [5, 5.41) is 0.258. The first-order valence-corrected chi connectivity index (χ1v) is 11.3. The Hall–Kier alpha value is -0.761. The van der Waals surface area contributed by atoms with Gasteiger partial charge in [0.25, 0.3) is 0 Å². The molecule has 0 aliphatic carbocycles. The Bertz CT molecular complexity index is 487. The molecule has 2 aromatic carbocycles. The Morgan fingerprint density at radius 2 is 1.37 bits per heavy atom. The smallest absolute Gasteiger partial charge is 0.288 e. The van der Waals surface area contributed by atoms with Gasteiger partial charge in [-0.2, -0.15) is 42.0 Å². The summed E-state index contributed by atoms with van der Waals surface area (Å²) in [6.45, 7) is 1.66. The summed E-state index contributed by atoms with van der Waals surface area (Å²) >= 11 is 1.47. The van der Waals surface area contributed by atoms with E-state index in [4.69, 9.17) is 0 Å². The predicted octanol–water partition coefficient (Wildman–Crippen LogP) is 7.53. The van der Waals surface area contributed by atoms with E-state index in [0.717, 1.165) is 5.75 Å². The maximum Gasteiger partial charge on any atom is 2.00 e. The molecule has 0 spiro atoms. The van der Waals surface area contributed by atoms with Crippen molar-refractivity contribution in [3.05, 3.63) is 60.2 Å². The minimum Gasteiger partial charge on any atom is -0.288 e. The van der Waals surface area contributed by atoms with Crippen molar-refractivity contribution in [2.24, 2.45) is 0 Å². The molecule has 0 atom stereocenters. The van der Waals surface area contributed by atoms with E-state index >= 15 is 0 Å². The van der Waals surface area contributed by atoms with E-state index < -0.39 is 0 Å². The Labute approximate surface area is 181 Å². The van der Waals surface area contributed by atoms with Gasteiger partial charge in [0, 0.05) is 12.7 Å². The molecule has 3 heteroatoms. The van der Waals surface area contributed by atoms with Crippen LogP contribution in [0, 0.1) is 0 Å². The van der Waals surface area contributed by atoms with Crippen LogP contribution in [0.15, 0.2) is 54.6 Å². The second-order valence-electron chi connectivity index (χ2n) is 6.88. The maximum absolute atomic E-state index is 10.8. The summed E-state index contributed by atoms with van der Waals surface area (Å²) < 4.78 is 0. The summed E-state index contributed by atoms with van der Waals surface area (Å²) in [4.78, 5) is 10.8. The first kappa shape index (κ1) is 26.2. The molecule has 0 aliphatic heterocycles. The van der Waals surface area contributed by atoms with E-state index in [1.165, 1.54) is 88.0 Å². The molecule has 0 aliphatic rings. The van der Waals surface area contributed by atoms with Crippen molar-refractivity contribution >= 4 is 16.9 Å². The monoisotopic (exact) mass is 428 g/mol. The average Bonchev–Trinajstić information content (AvgIpc) is 3.35. The summed E-state index contributed by atoms with van der Waals surface area (Å²) in [5.41, 5.74) is 1.50. The normalized spacial score (nSPS) is 9.96. The van der Waals surface area contributed by atoms with Crippen LogP contribution in [-0.2, 0) is 28.3 Å². The van der Waals surface area contributed by atoms with Gasteiger partial charge in [-0.25, -0.2) is 18.2 Å². The van der Waals surface area contributed by atoms with Gasteiger partial charge in [-0.1, -0.05) is 76.0 Å². The van der Waals surface area contributed by atoms with E-state index in [-0.39, 0.29) is 22.2 Å². The first-order chi connectivity index (χ1) is 12.8. The van der Waals surface area contributed by atoms with E-state index in [0.29, 0.717) is 0 Å². The number of unbranched alkanes of at least 4 members (excludes halogenated alkanes) is 9. The Balaban J connectivity index is 0.000000969. The third-order valence-corrected chi connectivity index (χ3v) is 5.35. The van der Waals surface area contributed by atoms with E-state index in [1.807, 2.05) is 30.3 Å². The molecule has 2 aromatic rings. The van der Waals surface area contributed by atoms with Crippen LogP contribution < -0.4 is 0 Å². The quantitative estimate of drug-likeness (QED) is 0.186. The van der Waals surface area contributed by atoms with Gasteiger partial charge in [0.2, 0.25) is 0 Å². The van der Waals surface area contributed by atoms with Gasteiger partial charge in [0.1, 0.15) is 0 Å². The molecule has 1 nitrogen and oxygen atoms in total. The second kappa shape index (κ2) is 20.0. The molecule has 0 N–H and O–H groups in total. The minimum absolute atomic E-state index is 0. The van der Waals surface area contributed by atoms with Crippen molar-refractivity contribution in [3.8, 4) is 0 Å². The number of aryl methyl sites for hydroxylation is 1. The molecular weight excluding hydrogens is 392 g/mol. The molecule has 0 amide bonds. The van der Waals surface area contributed by atoms with Gasteiger partial charge in [-0.3, -0.25) is 4.79 Å². The van der Waals surface area contributed by atoms with Crippen LogP contribution >= 0.6 is 11.8 Å². The van der Waals surface area contributed by atoms with Crippen molar-refractivity contribution in [2.45, 2.75) is 77.6 Å². The number of hydrogen-bond donors (Lipinski definition) is 0. The van der Waals surface area contributed by atoms with Crippen LogP contribution in [0.3, 0.4) is 0 Å². The van der Waals surface area contributed by atoms with Crippen LogP contribution in [0.1, 0.15) is 76.7 Å². The zero-order valence-corrected chi connectivity index (χ0v) is 18.8. The fourth-order valence-corrected chi connectivity index (χ4v) is 3.60. The minimum atomic E-state index is 0. The molecule has 0 unspecified atom stereocenters. The van der Waals surface area contributed by atoms with Crippen LogP contribution in [0.25, 0.3) is 0 Å². The fraction of sp³-hybridized carbons (Fsp3) is 0.542.